The second kappa shape index (κ2) is 7.16. The number of aromatic nitrogens is 5. The highest BCUT2D eigenvalue weighted by Crippen LogP contribution is 2.34. The molecule has 4 heterocycles. The van der Waals surface area contributed by atoms with Crippen molar-refractivity contribution in [3.8, 4) is 0 Å². The van der Waals surface area contributed by atoms with E-state index >= 15 is 0 Å². The van der Waals surface area contributed by atoms with Crippen LogP contribution in [0, 0.1) is 5.92 Å². The maximum atomic E-state index is 13.4. The number of amides is 1. The van der Waals surface area contributed by atoms with Crippen molar-refractivity contribution in [3.63, 3.8) is 0 Å². The van der Waals surface area contributed by atoms with Gasteiger partial charge in [-0.15, -0.1) is 0 Å². The lowest BCUT2D eigenvalue weighted by atomic mass is 9.84. The van der Waals surface area contributed by atoms with Gasteiger partial charge in [-0.3, -0.25) is 4.79 Å². The summed E-state index contributed by atoms with van der Waals surface area (Å²) in [5, 5.41) is 5.22. The van der Waals surface area contributed by atoms with E-state index in [-0.39, 0.29) is 29.2 Å². The Hall–Kier alpha value is -3.36. The molecule has 9 heteroatoms. The van der Waals surface area contributed by atoms with Crippen molar-refractivity contribution in [2.45, 2.75) is 25.7 Å². The molecule has 0 spiro atoms. The summed E-state index contributed by atoms with van der Waals surface area (Å²) in [6.45, 7) is 3.11. The van der Waals surface area contributed by atoms with Crippen LogP contribution in [0.15, 0.2) is 42.9 Å². The summed E-state index contributed by atoms with van der Waals surface area (Å²) in [4.78, 5) is 26.0. The Labute approximate surface area is 170 Å². The van der Waals surface area contributed by atoms with Gasteiger partial charge >= 0.3 is 0 Å². The number of H-pyrrole nitrogens is 1. The van der Waals surface area contributed by atoms with Crippen molar-refractivity contribution in [3.05, 3.63) is 59.8 Å². The Morgan fingerprint density at radius 1 is 1.27 bits per heavy atom. The van der Waals surface area contributed by atoms with Gasteiger partial charge in [-0.1, -0.05) is 13.0 Å². The predicted octanol–water partition coefficient (Wildman–Crippen LogP) is 3.81. The first kappa shape index (κ1) is 18.7. The van der Waals surface area contributed by atoms with Crippen molar-refractivity contribution in [2.24, 2.45) is 5.92 Å². The van der Waals surface area contributed by atoms with Crippen LogP contribution in [0.1, 0.15) is 47.4 Å². The first-order chi connectivity index (χ1) is 14.5. The van der Waals surface area contributed by atoms with Crippen LogP contribution in [0.5, 0.6) is 0 Å². The maximum absolute atomic E-state index is 13.4. The zero-order valence-electron chi connectivity index (χ0n) is 16.3. The maximum Gasteiger partial charge on any atom is 0.280 e. The largest absolute Gasteiger partial charge is 0.361 e. The molecule has 0 bridgehead atoms. The molecule has 1 aromatic carbocycles. The Bertz CT molecular complexity index is 1230. The van der Waals surface area contributed by atoms with Crippen LogP contribution in [-0.4, -0.2) is 48.5 Å². The van der Waals surface area contributed by atoms with Crippen molar-refractivity contribution >= 4 is 22.6 Å². The average Bonchev–Trinajstić information content (AvgIpc) is 3.41. The van der Waals surface area contributed by atoms with Crippen LogP contribution in [0.25, 0.3) is 16.7 Å². The number of fused-ring (bicyclic) bond motifs is 2. The van der Waals surface area contributed by atoms with Gasteiger partial charge in [0, 0.05) is 36.3 Å². The molecule has 2 atom stereocenters. The van der Waals surface area contributed by atoms with E-state index in [1.54, 1.807) is 4.90 Å². The van der Waals surface area contributed by atoms with E-state index in [1.165, 1.54) is 16.9 Å². The summed E-state index contributed by atoms with van der Waals surface area (Å²) in [6.07, 6.45) is 1.21. The van der Waals surface area contributed by atoms with E-state index in [4.69, 9.17) is 0 Å². The Morgan fingerprint density at radius 2 is 2.13 bits per heavy atom. The van der Waals surface area contributed by atoms with Crippen LogP contribution < -0.4 is 0 Å². The Kier molecular flexibility index (Phi) is 4.45. The van der Waals surface area contributed by atoms with Gasteiger partial charge < -0.3 is 9.88 Å². The lowest BCUT2D eigenvalue weighted by Gasteiger charge is -2.37. The molecule has 1 aliphatic heterocycles. The second-order valence-electron chi connectivity index (χ2n) is 7.78. The van der Waals surface area contributed by atoms with Gasteiger partial charge in [0.15, 0.2) is 0 Å². The fourth-order valence-electron chi connectivity index (χ4n) is 4.23. The molecule has 1 aliphatic rings. The van der Waals surface area contributed by atoms with Crippen molar-refractivity contribution in [1.82, 2.24) is 29.5 Å². The van der Waals surface area contributed by atoms with Gasteiger partial charge in [0.25, 0.3) is 18.1 Å². The summed E-state index contributed by atoms with van der Waals surface area (Å²) < 4.78 is 28.3. The zero-order valence-corrected chi connectivity index (χ0v) is 16.3. The lowest BCUT2D eigenvalue weighted by molar-refractivity contribution is 0.0665. The molecule has 0 radical (unpaired) electrons. The molecular formula is C21H20F2N6O. The minimum Gasteiger partial charge on any atom is -0.361 e. The van der Waals surface area contributed by atoms with Crippen LogP contribution in [0.4, 0.5) is 8.78 Å². The zero-order chi connectivity index (χ0) is 20.8. The monoisotopic (exact) mass is 410 g/mol. The predicted molar refractivity (Wildman–Crippen MR) is 106 cm³/mol. The minimum atomic E-state index is -2.70. The van der Waals surface area contributed by atoms with Crippen molar-refractivity contribution < 1.29 is 13.6 Å². The van der Waals surface area contributed by atoms with E-state index in [1.807, 2.05) is 30.5 Å². The van der Waals surface area contributed by atoms with Gasteiger partial charge in [0.05, 0.1) is 5.69 Å². The van der Waals surface area contributed by atoms with Crippen LogP contribution >= 0.6 is 0 Å². The standard InChI is InChI=1S/C21H20F2N6O/c1-12-5-7-28(20(30)14-3-2-13-4-6-24-16(13)8-14)10-15(12)18-9-17(19(22)23)27-21-25-11-26-29(18)21/h2-4,6,8-9,11-12,15,19,24H,5,7,10H2,1H3/t12?,15-/m1/s1. The molecule has 0 saturated carbocycles. The van der Waals surface area contributed by atoms with Crippen molar-refractivity contribution in [2.75, 3.05) is 13.1 Å². The number of hydrogen-bond acceptors (Lipinski definition) is 4. The fourth-order valence-corrected chi connectivity index (χ4v) is 4.23. The van der Waals surface area contributed by atoms with E-state index in [2.05, 4.69) is 27.0 Å². The van der Waals surface area contributed by atoms with Gasteiger partial charge in [0.1, 0.15) is 12.0 Å². The number of piperidine rings is 1. The molecule has 1 unspecified atom stereocenters. The number of rotatable bonds is 3. The SMILES string of the molecule is CC1CCN(C(=O)c2ccc3cc[nH]c3c2)C[C@H]1c1cc(C(F)F)nc2ncnn12. The molecule has 1 saturated heterocycles. The third-order valence-corrected chi connectivity index (χ3v) is 5.95. The van der Waals surface area contributed by atoms with Gasteiger partial charge in [-0.25, -0.2) is 18.3 Å². The van der Waals surface area contributed by atoms with Crippen LogP contribution in [0.3, 0.4) is 0 Å². The molecule has 5 rings (SSSR count). The summed E-state index contributed by atoms with van der Waals surface area (Å²) >= 11 is 0. The van der Waals surface area contributed by atoms with Gasteiger partial charge in [-0.05, 0) is 42.0 Å². The Morgan fingerprint density at radius 3 is 2.97 bits per heavy atom. The molecule has 1 N–H and O–H groups in total. The third kappa shape index (κ3) is 3.10. The van der Waals surface area contributed by atoms with E-state index in [9.17, 15) is 13.6 Å². The normalized spacial score (nSPS) is 19.8. The van der Waals surface area contributed by atoms with Crippen LogP contribution in [0.2, 0.25) is 0 Å². The highest BCUT2D eigenvalue weighted by molar-refractivity contribution is 5.98. The van der Waals surface area contributed by atoms with E-state index in [0.29, 0.717) is 24.3 Å². The van der Waals surface area contributed by atoms with Crippen LogP contribution in [-0.2, 0) is 0 Å². The molecular weight excluding hydrogens is 390 g/mol. The minimum absolute atomic E-state index is 0.0682. The van der Waals surface area contributed by atoms with Crippen molar-refractivity contribution in [1.29, 1.82) is 0 Å². The molecule has 1 fully saturated rings. The fraction of sp³-hybridized carbons (Fsp3) is 0.333. The Balaban J connectivity index is 1.48. The smallest absolute Gasteiger partial charge is 0.280 e. The number of aromatic amines is 1. The number of carbonyl (C=O) groups is 1. The third-order valence-electron chi connectivity index (χ3n) is 5.95. The molecule has 3 aromatic heterocycles. The number of likely N-dealkylation sites (tertiary alicyclic amines) is 1. The molecule has 30 heavy (non-hydrogen) atoms. The summed E-state index contributed by atoms with van der Waals surface area (Å²) in [6, 6.07) is 8.94. The average molecular weight is 410 g/mol. The lowest BCUT2D eigenvalue weighted by Crippen LogP contribution is -2.42. The number of hydrogen-bond donors (Lipinski definition) is 1. The highest BCUT2D eigenvalue weighted by atomic mass is 19.3. The highest BCUT2D eigenvalue weighted by Gasteiger charge is 2.33. The topological polar surface area (TPSA) is 79.2 Å². The van der Waals surface area contributed by atoms with Gasteiger partial charge in [-0.2, -0.15) is 10.1 Å². The summed E-state index contributed by atoms with van der Waals surface area (Å²) in [5.74, 6) is 0.124. The number of nitrogens with zero attached hydrogens (tertiary/aromatic N) is 5. The number of nitrogens with one attached hydrogen (secondary N) is 1. The molecule has 4 aromatic rings. The molecule has 0 aliphatic carbocycles. The first-order valence-corrected chi connectivity index (χ1v) is 9.86. The number of benzene rings is 1. The number of carbonyl (C=O) groups excluding carboxylic acids is 1. The van der Waals surface area contributed by atoms with E-state index in [0.717, 1.165) is 17.3 Å². The molecule has 154 valence electrons. The summed E-state index contributed by atoms with van der Waals surface area (Å²) in [7, 11) is 0. The first-order valence-electron chi connectivity index (χ1n) is 9.86. The number of halogens is 2. The van der Waals surface area contributed by atoms with Gasteiger partial charge in [0.2, 0.25) is 0 Å². The summed E-state index contributed by atoms with van der Waals surface area (Å²) in [5.41, 5.74) is 1.80. The van der Waals surface area contributed by atoms with E-state index < -0.39 is 6.43 Å². The molecule has 1 amide bonds. The number of alkyl halides is 2. The quantitative estimate of drug-likeness (QED) is 0.557. The second-order valence-corrected chi connectivity index (χ2v) is 7.78. The molecule has 7 nitrogen and oxygen atoms in total.